The average molecular weight is 328 g/mol. The minimum absolute atomic E-state index is 0. The maximum Gasteiger partial charge on any atom is 0.239 e. The number of aliphatic hydroxyl groups is 1. The Morgan fingerprint density at radius 1 is 1.20 bits per heavy atom. The third kappa shape index (κ3) is 5.04. The van der Waals surface area contributed by atoms with Crippen LogP contribution in [0.4, 0.5) is 0 Å². The highest BCUT2D eigenvalue weighted by Gasteiger charge is 2.32. The van der Waals surface area contributed by atoms with Crippen molar-refractivity contribution in [2.45, 2.75) is 44.9 Å². The van der Waals surface area contributed by atoms with Crippen molar-refractivity contribution in [3.63, 3.8) is 0 Å². The van der Waals surface area contributed by atoms with Crippen molar-refractivity contribution < 1.29 is 9.90 Å². The molecule has 2 heterocycles. The fourth-order valence-corrected chi connectivity index (χ4v) is 2.80. The lowest BCUT2D eigenvalue weighted by atomic mass is 10.2. The molecule has 2 aliphatic rings. The fraction of sp³-hybridized carbons (Fsp3) is 0.923. The molecule has 0 bridgehead atoms. The Morgan fingerprint density at radius 3 is 2.45 bits per heavy atom. The van der Waals surface area contributed by atoms with E-state index in [1.54, 1.807) is 0 Å². The van der Waals surface area contributed by atoms with E-state index in [-0.39, 0.29) is 42.9 Å². The summed E-state index contributed by atoms with van der Waals surface area (Å²) >= 11 is 0. The highest BCUT2D eigenvalue weighted by molar-refractivity contribution is 5.85. The van der Waals surface area contributed by atoms with Crippen LogP contribution in [-0.2, 0) is 4.79 Å². The maximum atomic E-state index is 12.3. The van der Waals surface area contributed by atoms with Crippen LogP contribution in [0.5, 0.6) is 0 Å². The van der Waals surface area contributed by atoms with Gasteiger partial charge in [-0.1, -0.05) is 0 Å². The standard InChI is InChI=1S/C13H25N3O2.2ClH/c1-10(2)15-4-3-5-16(7-6-15)13(18)12-8-11(17)9-14-12;;/h10-12,14,17H,3-9H2,1-2H3;2*1H/t11-,12+;;/m1../s1. The van der Waals surface area contributed by atoms with Gasteiger partial charge >= 0.3 is 0 Å². The summed E-state index contributed by atoms with van der Waals surface area (Å²) in [5, 5.41) is 12.6. The Labute approximate surface area is 133 Å². The summed E-state index contributed by atoms with van der Waals surface area (Å²) in [6, 6.07) is 0.372. The maximum absolute atomic E-state index is 12.3. The Bertz CT molecular complexity index is 305. The predicted octanol–water partition coefficient (Wildman–Crippen LogP) is 0.495. The van der Waals surface area contributed by atoms with Crippen LogP contribution < -0.4 is 5.32 Å². The first kappa shape index (κ1) is 19.9. The lowest BCUT2D eigenvalue weighted by Gasteiger charge is -2.26. The predicted molar refractivity (Wildman–Crippen MR) is 84.8 cm³/mol. The van der Waals surface area contributed by atoms with Crippen molar-refractivity contribution in [3.05, 3.63) is 0 Å². The first-order chi connectivity index (χ1) is 8.58. The topological polar surface area (TPSA) is 55.8 Å². The van der Waals surface area contributed by atoms with Crippen LogP contribution in [0, 0.1) is 0 Å². The molecule has 2 N–H and O–H groups in total. The first-order valence-electron chi connectivity index (χ1n) is 7.02. The molecule has 2 saturated heterocycles. The second-order valence-electron chi connectivity index (χ2n) is 5.66. The summed E-state index contributed by atoms with van der Waals surface area (Å²) in [4.78, 5) is 16.7. The molecule has 2 atom stereocenters. The van der Waals surface area contributed by atoms with E-state index in [0.29, 0.717) is 19.0 Å². The van der Waals surface area contributed by atoms with E-state index < -0.39 is 0 Å². The highest BCUT2D eigenvalue weighted by Crippen LogP contribution is 2.12. The van der Waals surface area contributed by atoms with Gasteiger partial charge in [-0.3, -0.25) is 9.69 Å². The van der Waals surface area contributed by atoms with Gasteiger partial charge in [0.15, 0.2) is 0 Å². The fourth-order valence-electron chi connectivity index (χ4n) is 2.80. The molecule has 120 valence electrons. The van der Waals surface area contributed by atoms with Crippen LogP contribution in [0.15, 0.2) is 0 Å². The van der Waals surface area contributed by atoms with Crippen molar-refractivity contribution in [2.75, 3.05) is 32.7 Å². The molecule has 0 aromatic heterocycles. The molecular formula is C13H27Cl2N3O2. The highest BCUT2D eigenvalue weighted by atomic mass is 35.5. The number of carbonyl (C=O) groups is 1. The van der Waals surface area contributed by atoms with E-state index in [1.165, 1.54) is 0 Å². The van der Waals surface area contributed by atoms with Crippen LogP contribution in [-0.4, -0.2) is 71.7 Å². The van der Waals surface area contributed by atoms with Crippen LogP contribution in [0.25, 0.3) is 0 Å². The van der Waals surface area contributed by atoms with E-state index in [9.17, 15) is 9.90 Å². The zero-order chi connectivity index (χ0) is 13.1. The minimum Gasteiger partial charge on any atom is -0.392 e. The molecule has 7 heteroatoms. The van der Waals surface area contributed by atoms with Gasteiger partial charge in [-0.15, -0.1) is 24.8 Å². The number of amides is 1. The quantitative estimate of drug-likeness (QED) is 0.775. The van der Waals surface area contributed by atoms with Gasteiger partial charge in [0.05, 0.1) is 12.1 Å². The largest absolute Gasteiger partial charge is 0.392 e. The molecule has 0 unspecified atom stereocenters. The second kappa shape index (κ2) is 9.05. The second-order valence-corrected chi connectivity index (χ2v) is 5.66. The molecule has 0 spiro atoms. The minimum atomic E-state index is -0.363. The smallest absolute Gasteiger partial charge is 0.239 e. The molecule has 20 heavy (non-hydrogen) atoms. The first-order valence-corrected chi connectivity index (χ1v) is 7.02. The molecule has 0 saturated carbocycles. The van der Waals surface area contributed by atoms with E-state index >= 15 is 0 Å². The van der Waals surface area contributed by atoms with Gasteiger partial charge in [0, 0.05) is 38.8 Å². The van der Waals surface area contributed by atoms with Gasteiger partial charge in [-0.05, 0) is 26.7 Å². The summed E-state index contributed by atoms with van der Waals surface area (Å²) in [7, 11) is 0. The van der Waals surface area contributed by atoms with Crippen molar-refractivity contribution in [1.29, 1.82) is 0 Å². The number of aliphatic hydroxyl groups excluding tert-OH is 1. The summed E-state index contributed by atoms with van der Waals surface area (Å²) in [5.74, 6) is 0.164. The van der Waals surface area contributed by atoms with E-state index in [0.717, 1.165) is 32.6 Å². The summed E-state index contributed by atoms with van der Waals surface area (Å²) < 4.78 is 0. The van der Waals surface area contributed by atoms with Gasteiger partial charge in [-0.25, -0.2) is 0 Å². The Kier molecular flexibility index (Phi) is 9.02. The summed E-state index contributed by atoms with van der Waals surface area (Å²) in [5.41, 5.74) is 0. The molecule has 5 nitrogen and oxygen atoms in total. The zero-order valence-corrected chi connectivity index (χ0v) is 13.9. The number of nitrogens with zero attached hydrogens (tertiary/aromatic N) is 2. The lowest BCUT2D eigenvalue weighted by Crippen LogP contribution is -2.45. The van der Waals surface area contributed by atoms with Gasteiger partial charge in [0.25, 0.3) is 0 Å². The average Bonchev–Trinajstić information content (AvgIpc) is 2.63. The molecule has 2 rings (SSSR count). The summed E-state index contributed by atoms with van der Waals surface area (Å²) in [6.45, 7) is 8.63. The zero-order valence-electron chi connectivity index (χ0n) is 12.2. The molecule has 2 fully saturated rings. The Balaban J connectivity index is 0.00000180. The number of carbonyl (C=O) groups excluding carboxylic acids is 1. The van der Waals surface area contributed by atoms with Crippen LogP contribution in [0.2, 0.25) is 0 Å². The van der Waals surface area contributed by atoms with E-state index in [4.69, 9.17) is 0 Å². The molecular weight excluding hydrogens is 301 g/mol. The van der Waals surface area contributed by atoms with Crippen molar-refractivity contribution >= 4 is 30.7 Å². The number of halogens is 2. The normalized spacial score (nSPS) is 27.7. The van der Waals surface area contributed by atoms with Crippen molar-refractivity contribution in [3.8, 4) is 0 Å². The van der Waals surface area contributed by atoms with Crippen LogP contribution in [0.3, 0.4) is 0 Å². The number of rotatable bonds is 2. The number of hydrogen-bond acceptors (Lipinski definition) is 4. The SMILES string of the molecule is CC(C)N1CCCN(C(=O)[C@@H]2C[C@@H](O)CN2)CC1.Cl.Cl. The molecule has 0 radical (unpaired) electrons. The van der Waals surface area contributed by atoms with Gasteiger partial charge < -0.3 is 15.3 Å². The lowest BCUT2D eigenvalue weighted by molar-refractivity contribution is -0.133. The molecule has 2 aliphatic heterocycles. The van der Waals surface area contributed by atoms with E-state index in [2.05, 4.69) is 24.1 Å². The number of nitrogens with one attached hydrogen (secondary N) is 1. The van der Waals surface area contributed by atoms with Gasteiger partial charge in [-0.2, -0.15) is 0 Å². The van der Waals surface area contributed by atoms with E-state index in [1.807, 2.05) is 4.90 Å². The van der Waals surface area contributed by atoms with Crippen LogP contribution >= 0.6 is 24.8 Å². The van der Waals surface area contributed by atoms with Crippen molar-refractivity contribution in [2.24, 2.45) is 0 Å². The van der Waals surface area contributed by atoms with Gasteiger partial charge in [0.1, 0.15) is 0 Å². The Hall–Kier alpha value is -0.0700. The monoisotopic (exact) mass is 327 g/mol. The third-order valence-electron chi connectivity index (χ3n) is 3.98. The Morgan fingerprint density at radius 2 is 1.90 bits per heavy atom. The number of hydrogen-bond donors (Lipinski definition) is 2. The van der Waals surface area contributed by atoms with Crippen LogP contribution in [0.1, 0.15) is 26.7 Å². The summed E-state index contributed by atoms with van der Waals surface area (Å²) in [6.07, 6.45) is 1.24. The third-order valence-corrected chi connectivity index (χ3v) is 3.98. The van der Waals surface area contributed by atoms with Crippen molar-refractivity contribution in [1.82, 2.24) is 15.1 Å². The van der Waals surface area contributed by atoms with Gasteiger partial charge in [0.2, 0.25) is 5.91 Å². The molecule has 0 aromatic rings. The molecule has 0 aliphatic carbocycles. The molecule has 0 aromatic carbocycles. The molecule has 1 amide bonds. The number of β-amino-alcohol motifs (C(OH)–C–C–N with tert-alkyl or cyclic N) is 1.